The van der Waals surface area contributed by atoms with Crippen LogP contribution >= 0.6 is 23.2 Å². The van der Waals surface area contributed by atoms with Crippen LogP contribution in [0.2, 0.25) is 10.0 Å². The fourth-order valence-corrected chi connectivity index (χ4v) is 2.10. The molecule has 0 fully saturated rings. The van der Waals surface area contributed by atoms with E-state index in [9.17, 15) is 9.59 Å². The van der Waals surface area contributed by atoms with E-state index in [-0.39, 0.29) is 17.2 Å². The first-order valence-electron chi connectivity index (χ1n) is 5.72. The number of H-pyrrole nitrogens is 1. The lowest BCUT2D eigenvalue weighted by molar-refractivity contribution is 0.0778. The number of rotatable bonds is 3. The quantitative estimate of drug-likeness (QED) is 0.946. The van der Waals surface area contributed by atoms with Crippen LogP contribution in [0.1, 0.15) is 16.1 Å². The van der Waals surface area contributed by atoms with E-state index in [0.29, 0.717) is 16.6 Å². The molecule has 20 heavy (non-hydrogen) atoms. The molecule has 0 unspecified atom stereocenters. The minimum absolute atomic E-state index is 0.164. The SMILES string of the molecule is CN(Cc1ccc(Cl)cc1Cl)C(=O)c1ccc(=O)[nH]n1. The van der Waals surface area contributed by atoms with Crippen LogP contribution in [0.15, 0.2) is 35.1 Å². The van der Waals surface area contributed by atoms with E-state index in [0.717, 1.165) is 5.56 Å². The average Bonchev–Trinajstić information content (AvgIpc) is 2.42. The predicted octanol–water partition coefficient (Wildman–Crippen LogP) is 2.35. The summed E-state index contributed by atoms with van der Waals surface area (Å²) in [5.41, 5.74) is 0.582. The molecule has 7 heteroatoms. The molecule has 1 N–H and O–H groups in total. The van der Waals surface area contributed by atoms with Crippen LogP contribution in [0.4, 0.5) is 0 Å². The molecule has 5 nitrogen and oxygen atoms in total. The van der Waals surface area contributed by atoms with E-state index >= 15 is 0 Å². The van der Waals surface area contributed by atoms with Crippen molar-refractivity contribution in [2.24, 2.45) is 0 Å². The standard InChI is InChI=1S/C13H11Cl2N3O2/c1-18(7-8-2-3-9(14)6-10(8)15)13(20)11-4-5-12(19)17-16-11/h2-6H,7H2,1H3,(H,17,19). The molecule has 0 saturated heterocycles. The van der Waals surface area contributed by atoms with Crippen molar-refractivity contribution in [2.75, 3.05) is 7.05 Å². The molecular formula is C13H11Cl2N3O2. The lowest BCUT2D eigenvalue weighted by Gasteiger charge is -2.17. The second-order valence-corrected chi connectivity index (χ2v) is 5.05. The molecule has 0 radical (unpaired) electrons. The molecule has 0 aliphatic rings. The zero-order valence-electron chi connectivity index (χ0n) is 10.6. The Kier molecular flexibility index (Phi) is 4.42. The number of nitrogens with zero attached hydrogens (tertiary/aromatic N) is 2. The summed E-state index contributed by atoms with van der Waals surface area (Å²) in [4.78, 5) is 24.5. The van der Waals surface area contributed by atoms with E-state index in [4.69, 9.17) is 23.2 Å². The third-order valence-electron chi connectivity index (χ3n) is 2.67. The third-order valence-corrected chi connectivity index (χ3v) is 3.25. The van der Waals surface area contributed by atoms with Crippen molar-refractivity contribution in [1.82, 2.24) is 15.1 Å². The van der Waals surface area contributed by atoms with E-state index in [1.807, 2.05) is 0 Å². The van der Waals surface area contributed by atoms with Gasteiger partial charge in [0.15, 0.2) is 0 Å². The number of benzene rings is 1. The fourth-order valence-electron chi connectivity index (χ4n) is 1.64. The van der Waals surface area contributed by atoms with Gasteiger partial charge in [-0.2, -0.15) is 5.10 Å². The van der Waals surface area contributed by atoms with Crippen molar-refractivity contribution in [3.63, 3.8) is 0 Å². The highest BCUT2D eigenvalue weighted by Crippen LogP contribution is 2.22. The van der Waals surface area contributed by atoms with Crippen molar-refractivity contribution >= 4 is 29.1 Å². The minimum Gasteiger partial charge on any atom is -0.336 e. The van der Waals surface area contributed by atoms with Gasteiger partial charge in [0.05, 0.1) is 0 Å². The molecule has 1 aromatic heterocycles. The highest BCUT2D eigenvalue weighted by atomic mass is 35.5. The highest BCUT2D eigenvalue weighted by Gasteiger charge is 2.15. The molecule has 0 spiro atoms. The van der Waals surface area contributed by atoms with Crippen LogP contribution in [-0.2, 0) is 6.54 Å². The van der Waals surface area contributed by atoms with Gasteiger partial charge in [0.2, 0.25) is 0 Å². The van der Waals surface area contributed by atoms with Crippen molar-refractivity contribution < 1.29 is 4.79 Å². The van der Waals surface area contributed by atoms with Gasteiger partial charge in [-0.05, 0) is 23.8 Å². The van der Waals surface area contributed by atoms with Gasteiger partial charge in [-0.1, -0.05) is 29.3 Å². The van der Waals surface area contributed by atoms with Crippen molar-refractivity contribution in [1.29, 1.82) is 0 Å². The Morgan fingerprint density at radius 3 is 2.65 bits per heavy atom. The Hall–Kier alpha value is -1.85. The number of hydrogen-bond acceptors (Lipinski definition) is 3. The van der Waals surface area contributed by atoms with Crippen LogP contribution in [0.5, 0.6) is 0 Å². The maximum Gasteiger partial charge on any atom is 0.274 e. The number of hydrogen-bond donors (Lipinski definition) is 1. The molecule has 0 bridgehead atoms. The normalized spacial score (nSPS) is 10.3. The lowest BCUT2D eigenvalue weighted by Crippen LogP contribution is -2.28. The smallest absolute Gasteiger partial charge is 0.274 e. The average molecular weight is 312 g/mol. The second-order valence-electron chi connectivity index (χ2n) is 4.20. The number of amides is 1. The summed E-state index contributed by atoms with van der Waals surface area (Å²) in [5.74, 6) is -0.313. The Morgan fingerprint density at radius 1 is 1.30 bits per heavy atom. The first kappa shape index (κ1) is 14.6. The maximum atomic E-state index is 12.1. The Balaban J connectivity index is 2.15. The number of halogens is 2. The van der Waals surface area contributed by atoms with Gasteiger partial charge in [-0.3, -0.25) is 9.59 Å². The van der Waals surface area contributed by atoms with Gasteiger partial charge in [0.25, 0.3) is 11.5 Å². The van der Waals surface area contributed by atoms with Gasteiger partial charge >= 0.3 is 0 Å². The molecule has 2 rings (SSSR count). The van der Waals surface area contributed by atoms with E-state index in [2.05, 4.69) is 10.2 Å². The van der Waals surface area contributed by atoms with Gasteiger partial charge in [0, 0.05) is 29.7 Å². The number of carbonyl (C=O) groups is 1. The monoisotopic (exact) mass is 311 g/mol. The fraction of sp³-hybridized carbons (Fsp3) is 0.154. The predicted molar refractivity (Wildman–Crippen MR) is 77.1 cm³/mol. The second kappa shape index (κ2) is 6.07. The van der Waals surface area contributed by atoms with E-state index < -0.39 is 0 Å². The zero-order chi connectivity index (χ0) is 14.7. The molecular weight excluding hydrogens is 301 g/mol. The summed E-state index contributed by atoms with van der Waals surface area (Å²) >= 11 is 11.9. The summed E-state index contributed by atoms with van der Waals surface area (Å²) in [5, 5.41) is 6.95. The zero-order valence-corrected chi connectivity index (χ0v) is 12.1. The van der Waals surface area contributed by atoms with Crippen molar-refractivity contribution in [2.45, 2.75) is 6.54 Å². The Labute approximate surface area is 125 Å². The molecule has 0 aliphatic heterocycles. The number of aromatic nitrogens is 2. The van der Waals surface area contributed by atoms with Crippen LogP contribution in [0, 0.1) is 0 Å². The molecule has 0 aliphatic carbocycles. The molecule has 2 aromatic rings. The first-order valence-corrected chi connectivity index (χ1v) is 6.48. The summed E-state index contributed by atoms with van der Waals surface area (Å²) in [6.07, 6.45) is 0. The molecule has 0 saturated carbocycles. The molecule has 1 heterocycles. The van der Waals surface area contributed by atoms with E-state index in [1.165, 1.54) is 17.0 Å². The van der Waals surface area contributed by atoms with Gasteiger partial charge < -0.3 is 4.90 Å². The van der Waals surface area contributed by atoms with Crippen LogP contribution in [0.25, 0.3) is 0 Å². The highest BCUT2D eigenvalue weighted by molar-refractivity contribution is 6.35. The van der Waals surface area contributed by atoms with Gasteiger partial charge in [0.1, 0.15) is 5.69 Å². The maximum absolute atomic E-state index is 12.1. The van der Waals surface area contributed by atoms with Gasteiger partial charge in [-0.15, -0.1) is 0 Å². The Bertz CT molecular complexity index is 680. The minimum atomic E-state index is -0.357. The summed E-state index contributed by atoms with van der Waals surface area (Å²) in [6.45, 7) is 0.315. The van der Waals surface area contributed by atoms with E-state index in [1.54, 1.807) is 25.2 Å². The van der Waals surface area contributed by atoms with Crippen LogP contribution in [-0.4, -0.2) is 28.1 Å². The number of nitrogens with one attached hydrogen (secondary N) is 1. The first-order chi connectivity index (χ1) is 9.47. The Morgan fingerprint density at radius 2 is 2.05 bits per heavy atom. The lowest BCUT2D eigenvalue weighted by atomic mass is 10.2. The summed E-state index contributed by atoms with van der Waals surface area (Å²) in [7, 11) is 1.63. The topological polar surface area (TPSA) is 66.1 Å². The third kappa shape index (κ3) is 3.37. The van der Waals surface area contributed by atoms with Gasteiger partial charge in [-0.25, -0.2) is 5.10 Å². The molecule has 1 amide bonds. The number of aromatic amines is 1. The van der Waals surface area contributed by atoms with Crippen LogP contribution in [0.3, 0.4) is 0 Å². The molecule has 0 atom stereocenters. The summed E-state index contributed by atoms with van der Waals surface area (Å²) < 4.78 is 0. The molecule has 1 aromatic carbocycles. The van der Waals surface area contributed by atoms with Crippen molar-refractivity contribution in [3.05, 3.63) is 62.0 Å². The molecule has 104 valence electrons. The largest absolute Gasteiger partial charge is 0.336 e. The van der Waals surface area contributed by atoms with Crippen LogP contribution < -0.4 is 5.56 Å². The van der Waals surface area contributed by atoms with Crippen molar-refractivity contribution in [3.8, 4) is 0 Å². The number of carbonyl (C=O) groups excluding carboxylic acids is 1. The summed E-state index contributed by atoms with van der Waals surface area (Å²) in [6, 6.07) is 7.72.